The van der Waals surface area contributed by atoms with Crippen LogP contribution in [0.5, 0.6) is 0 Å². The third kappa shape index (κ3) is 8.77. The molecule has 0 amide bonds. The maximum Gasteiger partial charge on any atom is 0.416 e. The molecule has 0 spiro atoms. The average Bonchev–Trinajstić information content (AvgIpc) is 3.27. The molecule has 1 unspecified atom stereocenters. The first-order chi connectivity index (χ1) is 28.1. The number of aromatic nitrogens is 1. The Hall–Kier alpha value is -6.00. The standard InChI is InChI=1S/C49H39F3N2O3S/c50-49(51,52)45-8-4-7-44(31-45)41-21-23-43(24-22-41)47(55)33-53-32-46(25-26-48(53)56)58(57)54-29-27-42(28-30-54)40-19-17-39(18-20-40)38-15-13-37(14-16-38)36-11-9-35(10-12-36)34-5-2-1-3-6-34/h1-26,31-32,42H,27-30,33H2. The molecule has 1 aliphatic heterocycles. The van der Waals surface area contributed by atoms with Crippen LogP contribution >= 0.6 is 0 Å². The molecule has 6 aromatic carbocycles. The molecule has 1 saturated heterocycles. The Balaban J connectivity index is 0.855. The van der Waals surface area contributed by atoms with E-state index < -0.39 is 28.7 Å². The molecule has 7 aromatic rings. The fraction of sp³-hybridized carbons (Fsp3) is 0.143. The zero-order chi connectivity index (χ0) is 40.2. The lowest BCUT2D eigenvalue weighted by Crippen LogP contribution is -2.38. The first kappa shape index (κ1) is 38.9. The largest absolute Gasteiger partial charge is 0.593 e. The van der Waals surface area contributed by atoms with Crippen LogP contribution in [0.3, 0.4) is 0 Å². The number of ketones is 1. The lowest BCUT2D eigenvalue weighted by atomic mass is 9.89. The summed E-state index contributed by atoms with van der Waals surface area (Å²) in [6, 6.07) is 50.4. The zero-order valence-electron chi connectivity index (χ0n) is 31.4. The van der Waals surface area contributed by atoms with E-state index in [9.17, 15) is 27.3 Å². The van der Waals surface area contributed by atoms with Crippen LogP contribution in [0, 0.1) is 0 Å². The van der Waals surface area contributed by atoms with Crippen molar-refractivity contribution in [2.45, 2.75) is 36.4 Å². The van der Waals surface area contributed by atoms with Gasteiger partial charge in [0.25, 0.3) is 5.56 Å². The molecule has 1 atom stereocenters. The van der Waals surface area contributed by atoms with Crippen LogP contribution in [0.4, 0.5) is 13.2 Å². The van der Waals surface area contributed by atoms with Gasteiger partial charge in [-0.3, -0.25) is 9.59 Å². The molecule has 0 bridgehead atoms. The van der Waals surface area contributed by atoms with E-state index >= 15 is 0 Å². The molecular formula is C49H39F3N2O3S. The van der Waals surface area contributed by atoms with E-state index in [-0.39, 0.29) is 12.3 Å². The topological polar surface area (TPSA) is 65.4 Å². The van der Waals surface area contributed by atoms with Gasteiger partial charge in [0.1, 0.15) is 0 Å². The number of carbonyl (C=O) groups excluding carboxylic acids is 1. The lowest BCUT2D eigenvalue weighted by Gasteiger charge is -2.32. The quantitative estimate of drug-likeness (QED) is 0.102. The highest BCUT2D eigenvalue weighted by Gasteiger charge is 2.31. The van der Waals surface area contributed by atoms with Gasteiger partial charge in [-0.05, 0) is 81.0 Å². The molecule has 8 rings (SSSR count). The van der Waals surface area contributed by atoms with Crippen molar-refractivity contribution >= 4 is 17.1 Å². The highest BCUT2D eigenvalue weighted by molar-refractivity contribution is 7.89. The number of rotatable bonds is 10. The number of benzene rings is 6. The van der Waals surface area contributed by atoms with Crippen molar-refractivity contribution in [1.82, 2.24) is 8.87 Å². The molecule has 0 saturated carbocycles. The minimum atomic E-state index is -4.46. The van der Waals surface area contributed by atoms with Gasteiger partial charge in [-0.15, -0.1) is 4.31 Å². The number of piperidine rings is 1. The summed E-state index contributed by atoms with van der Waals surface area (Å²) in [7, 11) is 0. The van der Waals surface area contributed by atoms with Gasteiger partial charge in [0, 0.05) is 30.8 Å². The minimum absolute atomic E-state index is 0.266. The number of hydrogen-bond donors (Lipinski definition) is 0. The van der Waals surface area contributed by atoms with E-state index in [1.165, 1.54) is 62.8 Å². The molecule has 0 aliphatic carbocycles. The Morgan fingerprint density at radius 2 is 1.09 bits per heavy atom. The Bertz CT molecular complexity index is 2570. The van der Waals surface area contributed by atoms with Crippen molar-refractivity contribution < 1.29 is 22.5 Å². The highest BCUT2D eigenvalue weighted by atomic mass is 32.2. The van der Waals surface area contributed by atoms with E-state index in [2.05, 4.69) is 97.1 Å². The van der Waals surface area contributed by atoms with Gasteiger partial charge in [0.2, 0.25) is 0 Å². The van der Waals surface area contributed by atoms with E-state index in [4.69, 9.17) is 0 Å². The normalized spacial score (nSPS) is 14.3. The predicted octanol–water partition coefficient (Wildman–Crippen LogP) is 11.3. The first-order valence-corrected chi connectivity index (χ1v) is 20.2. The number of alkyl halides is 3. The second kappa shape index (κ2) is 16.8. The molecule has 1 aliphatic rings. The molecule has 58 heavy (non-hydrogen) atoms. The number of Topliss-reactive ketones (excluding diaryl/α,β-unsaturated/α-hetero) is 1. The van der Waals surface area contributed by atoms with Crippen molar-refractivity contribution in [3.05, 3.63) is 197 Å². The van der Waals surface area contributed by atoms with Crippen molar-refractivity contribution in [2.24, 2.45) is 0 Å². The van der Waals surface area contributed by atoms with E-state index in [0.717, 1.165) is 36.1 Å². The van der Waals surface area contributed by atoms with Crippen LogP contribution in [0.15, 0.2) is 180 Å². The van der Waals surface area contributed by atoms with Crippen molar-refractivity contribution in [3.63, 3.8) is 0 Å². The lowest BCUT2D eigenvalue weighted by molar-refractivity contribution is -0.137. The molecule has 5 nitrogen and oxygen atoms in total. The summed E-state index contributed by atoms with van der Waals surface area (Å²) in [6.07, 6.45) is -1.32. The summed E-state index contributed by atoms with van der Waals surface area (Å²) in [4.78, 5) is 26.3. The van der Waals surface area contributed by atoms with Crippen LogP contribution in [0.1, 0.15) is 40.2 Å². The number of carbonyl (C=O) groups is 1. The van der Waals surface area contributed by atoms with Gasteiger partial charge in [-0.2, -0.15) is 13.2 Å². The smallest absolute Gasteiger partial charge is 0.416 e. The van der Waals surface area contributed by atoms with Gasteiger partial charge >= 0.3 is 6.18 Å². The van der Waals surface area contributed by atoms with Crippen molar-refractivity contribution in [2.75, 3.05) is 13.1 Å². The molecule has 0 N–H and O–H groups in total. The van der Waals surface area contributed by atoms with Crippen LogP contribution < -0.4 is 5.56 Å². The Morgan fingerprint density at radius 3 is 1.64 bits per heavy atom. The summed E-state index contributed by atoms with van der Waals surface area (Å²) in [6.45, 7) is 0.962. The molecular weight excluding hydrogens is 754 g/mol. The zero-order valence-corrected chi connectivity index (χ0v) is 32.3. The van der Waals surface area contributed by atoms with Gasteiger partial charge < -0.3 is 9.12 Å². The van der Waals surface area contributed by atoms with Gasteiger partial charge in [0.15, 0.2) is 10.7 Å². The number of hydrogen-bond acceptors (Lipinski definition) is 4. The molecule has 1 fully saturated rings. The Morgan fingerprint density at radius 1 is 0.603 bits per heavy atom. The van der Waals surface area contributed by atoms with Gasteiger partial charge in [-0.1, -0.05) is 140 Å². The first-order valence-electron chi connectivity index (χ1n) is 19.1. The Labute approximate surface area is 338 Å². The minimum Gasteiger partial charge on any atom is -0.593 e. The van der Waals surface area contributed by atoms with Crippen LogP contribution in [-0.2, 0) is 24.1 Å². The molecule has 9 heteroatoms. The summed E-state index contributed by atoms with van der Waals surface area (Å²) in [5, 5.41) is 0. The van der Waals surface area contributed by atoms with Gasteiger partial charge in [-0.25, -0.2) is 0 Å². The summed E-state index contributed by atoms with van der Waals surface area (Å²) in [5.41, 5.74) is 8.34. The number of nitrogens with zero attached hydrogens (tertiary/aromatic N) is 2. The van der Waals surface area contributed by atoms with E-state index in [0.29, 0.717) is 40.6 Å². The monoisotopic (exact) mass is 792 g/mol. The third-order valence-electron chi connectivity index (χ3n) is 10.8. The maximum absolute atomic E-state index is 13.7. The van der Waals surface area contributed by atoms with Crippen molar-refractivity contribution in [3.8, 4) is 44.5 Å². The van der Waals surface area contributed by atoms with Gasteiger partial charge in [0.05, 0.1) is 29.7 Å². The summed E-state index contributed by atoms with van der Waals surface area (Å²) >= 11 is -1.52. The maximum atomic E-state index is 13.7. The third-order valence-corrected chi connectivity index (χ3v) is 12.3. The van der Waals surface area contributed by atoms with Crippen molar-refractivity contribution in [1.29, 1.82) is 0 Å². The predicted molar refractivity (Wildman–Crippen MR) is 225 cm³/mol. The Kier molecular flexibility index (Phi) is 11.3. The molecule has 1 aromatic heterocycles. The summed E-state index contributed by atoms with van der Waals surface area (Å²) in [5.74, 6) is -0.0236. The van der Waals surface area contributed by atoms with Crippen LogP contribution in [0.2, 0.25) is 0 Å². The fourth-order valence-electron chi connectivity index (χ4n) is 7.50. The molecule has 290 valence electrons. The van der Waals surface area contributed by atoms with E-state index in [1.54, 1.807) is 24.3 Å². The average molecular weight is 793 g/mol. The number of pyridine rings is 1. The number of halogens is 3. The van der Waals surface area contributed by atoms with E-state index in [1.807, 2.05) is 10.4 Å². The second-order valence-corrected chi connectivity index (χ2v) is 16.0. The SMILES string of the molecule is O=C(Cn1cc([S+]([O-])N2CCC(c3ccc(-c4ccc(-c5ccc(-c6ccccc6)cc5)cc4)cc3)CC2)ccc1=O)c1ccc(-c2cccc(C(F)(F)F)c2)cc1. The highest BCUT2D eigenvalue weighted by Crippen LogP contribution is 2.34. The van der Waals surface area contributed by atoms with Crippen LogP contribution in [0.25, 0.3) is 44.5 Å². The molecule has 0 radical (unpaired) electrons. The second-order valence-electron chi connectivity index (χ2n) is 14.5. The molecule has 2 heterocycles. The van der Waals surface area contributed by atoms with Crippen LogP contribution in [-0.4, -0.2) is 32.3 Å². The fourth-order valence-corrected chi connectivity index (χ4v) is 8.74. The summed E-state index contributed by atoms with van der Waals surface area (Å²) < 4.78 is 56.4.